The highest BCUT2D eigenvalue weighted by Gasteiger charge is 2.21. The van der Waals surface area contributed by atoms with Gasteiger partial charge in [-0.2, -0.15) is 0 Å². The van der Waals surface area contributed by atoms with Crippen LogP contribution in [0.4, 0.5) is 4.79 Å². The van der Waals surface area contributed by atoms with Gasteiger partial charge in [0.05, 0.1) is 0 Å². The highest BCUT2D eigenvalue weighted by atomic mass is 35.5. The second-order valence-electron chi connectivity index (χ2n) is 7.06. The highest BCUT2D eigenvalue weighted by molar-refractivity contribution is 5.85. The van der Waals surface area contributed by atoms with Crippen LogP contribution in [0, 0.1) is 0 Å². The second kappa shape index (κ2) is 9.90. The Hall–Kier alpha value is -1.01. The van der Waals surface area contributed by atoms with Gasteiger partial charge in [-0.3, -0.25) is 4.79 Å². The summed E-state index contributed by atoms with van der Waals surface area (Å²) >= 11 is 0. The third-order valence-electron chi connectivity index (χ3n) is 2.32. The molecule has 0 heterocycles. The number of alkyl carbamates (subject to hydrolysis) is 1. The van der Waals surface area contributed by atoms with E-state index in [1.165, 1.54) is 0 Å². The van der Waals surface area contributed by atoms with E-state index in [1.807, 2.05) is 41.5 Å². The molecule has 1 amide bonds. The number of hydrogen-bond donors (Lipinski definition) is 2. The second-order valence-corrected chi connectivity index (χ2v) is 7.06. The summed E-state index contributed by atoms with van der Waals surface area (Å²) in [6, 6.07) is -0.620. The average molecular weight is 339 g/mol. The molecule has 0 aliphatic heterocycles. The van der Waals surface area contributed by atoms with Crippen LogP contribution in [0.1, 0.15) is 60.8 Å². The van der Waals surface area contributed by atoms with E-state index in [-0.39, 0.29) is 18.4 Å². The molecular formula is C15H31ClN2O4. The van der Waals surface area contributed by atoms with Gasteiger partial charge < -0.3 is 20.5 Å². The first-order valence-electron chi connectivity index (χ1n) is 7.36. The van der Waals surface area contributed by atoms with Gasteiger partial charge in [0.1, 0.15) is 17.2 Å². The predicted octanol–water partition coefficient (Wildman–Crippen LogP) is 2.77. The summed E-state index contributed by atoms with van der Waals surface area (Å²) in [5, 5.41) is 2.66. The molecule has 0 unspecified atom stereocenters. The Kier molecular flexibility index (Phi) is 10.5. The van der Waals surface area contributed by atoms with Crippen molar-refractivity contribution in [1.29, 1.82) is 0 Å². The first-order valence-corrected chi connectivity index (χ1v) is 7.36. The maximum absolute atomic E-state index is 11.7. The van der Waals surface area contributed by atoms with Crippen molar-refractivity contribution < 1.29 is 19.1 Å². The van der Waals surface area contributed by atoms with Crippen molar-refractivity contribution in [3.63, 3.8) is 0 Å². The summed E-state index contributed by atoms with van der Waals surface area (Å²) in [6.07, 6.45) is 1.57. The minimum Gasteiger partial charge on any atom is -0.459 e. The van der Waals surface area contributed by atoms with Crippen molar-refractivity contribution in [3.05, 3.63) is 0 Å². The predicted molar refractivity (Wildman–Crippen MR) is 89.2 cm³/mol. The zero-order valence-electron chi connectivity index (χ0n) is 14.5. The summed E-state index contributed by atoms with van der Waals surface area (Å²) in [7, 11) is 0. The fourth-order valence-electron chi connectivity index (χ4n) is 1.49. The van der Waals surface area contributed by atoms with E-state index in [2.05, 4.69) is 5.32 Å². The van der Waals surface area contributed by atoms with E-state index in [9.17, 15) is 9.59 Å². The lowest BCUT2D eigenvalue weighted by molar-refractivity contribution is -0.156. The maximum atomic E-state index is 11.7. The minimum atomic E-state index is -0.620. The number of hydrogen-bond acceptors (Lipinski definition) is 5. The molecule has 132 valence electrons. The molecule has 0 bridgehead atoms. The Balaban J connectivity index is 0. The van der Waals surface area contributed by atoms with Crippen molar-refractivity contribution in [1.82, 2.24) is 5.32 Å². The van der Waals surface area contributed by atoms with Crippen molar-refractivity contribution in [2.45, 2.75) is 78.0 Å². The minimum absolute atomic E-state index is 0. The summed E-state index contributed by atoms with van der Waals surface area (Å²) < 4.78 is 10.3. The number of amides is 1. The first-order chi connectivity index (χ1) is 9.41. The van der Waals surface area contributed by atoms with E-state index in [1.54, 1.807) is 0 Å². The van der Waals surface area contributed by atoms with Gasteiger partial charge >= 0.3 is 12.1 Å². The largest absolute Gasteiger partial charge is 0.459 e. The van der Waals surface area contributed by atoms with Gasteiger partial charge in [-0.25, -0.2) is 4.79 Å². The Labute approximate surface area is 139 Å². The average Bonchev–Trinajstić information content (AvgIpc) is 2.23. The topological polar surface area (TPSA) is 90.6 Å². The highest BCUT2D eigenvalue weighted by Crippen LogP contribution is 2.10. The standard InChI is InChI=1S/C15H30N2O4.ClH/c1-14(2,3)20-12(18)11(16)9-7-8-10-17-13(19)21-15(4,5)6;/h11H,7-10,16H2,1-6H3,(H,17,19);1H/t11-;/m1./s1. The molecule has 6 nitrogen and oxygen atoms in total. The molecule has 0 spiro atoms. The van der Waals surface area contributed by atoms with Gasteiger partial charge in [0.15, 0.2) is 0 Å². The molecule has 22 heavy (non-hydrogen) atoms. The Morgan fingerprint density at radius 1 is 1.00 bits per heavy atom. The fourth-order valence-corrected chi connectivity index (χ4v) is 1.49. The Bertz CT molecular complexity index is 348. The van der Waals surface area contributed by atoms with Gasteiger partial charge in [0.25, 0.3) is 0 Å². The first kappa shape index (κ1) is 23.3. The molecule has 0 fully saturated rings. The zero-order chi connectivity index (χ0) is 16.7. The lowest BCUT2D eigenvalue weighted by Crippen LogP contribution is -2.37. The van der Waals surface area contributed by atoms with Crippen LogP contribution in [-0.4, -0.2) is 35.9 Å². The molecule has 0 saturated carbocycles. The number of nitrogens with two attached hydrogens (primary N) is 1. The quantitative estimate of drug-likeness (QED) is 0.574. The fraction of sp³-hybridized carbons (Fsp3) is 0.867. The number of carbonyl (C=O) groups excluding carboxylic acids is 2. The SMILES string of the molecule is CC(C)(C)OC(=O)NCCCC[C@@H](N)C(=O)OC(C)(C)C.Cl. The molecule has 0 aliphatic rings. The summed E-state index contributed by atoms with van der Waals surface area (Å²) in [5.74, 6) is -0.386. The van der Waals surface area contributed by atoms with E-state index in [0.29, 0.717) is 13.0 Å². The molecule has 0 rings (SSSR count). The maximum Gasteiger partial charge on any atom is 0.407 e. The normalized spacial score (nSPS) is 12.9. The van der Waals surface area contributed by atoms with E-state index in [0.717, 1.165) is 12.8 Å². The molecular weight excluding hydrogens is 308 g/mol. The Morgan fingerprint density at radius 2 is 1.50 bits per heavy atom. The molecule has 1 atom stereocenters. The van der Waals surface area contributed by atoms with E-state index in [4.69, 9.17) is 15.2 Å². The van der Waals surface area contributed by atoms with Crippen molar-refractivity contribution in [3.8, 4) is 0 Å². The molecule has 0 aromatic heterocycles. The molecule has 3 N–H and O–H groups in total. The van der Waals surface area contributed by atoms with Crippen LogP contribution in [0.25, 0.3) is 0 Å². The number of halogens is 1. The number of ether oxygens (including phenoxy) is 2. The number of unbranched alkanes of at least 4 members (excludes halogenated alkanes) is 1. The smallest absolute Gasteiger partial charge is 0.407 e. The van der Waals surface area contributed by atoms with Gasteiger partial charge in [-0.15, -0.1) is 12.4 Å². The molecule has 0 aromatic rings. The van der Waals surface area contributed by atoms with Crippen LogP contribution in [0.3, 0.4) is 0 Å². The van der Waals surface area contributed by atoms with Crippen LogP contribution in [0.5, 0.6) is 0 Å². The van der Waals surface area contributed by atoms with Crippen LogP contribution >= 0.6 is 12.4 Å². The number of esters is 1. The van der Waals surface area contributed by atoms with Gasteiger partial charge in [-0.05, 0) is 60.8 Å². The van der Waals surface area contributed by atoms with Crippen LogP contribution in [-0.2, 0) is 14.3 Å². The number of nitrogens with one attached hydrogen (secondary N) is 1. The van der Waals surface area contributed by atoms with E-state index < -0.39 is 23.3 Å². The van der Waals surface area contributed by atoms with Crippen LogP contribution in [0.2, 0.25) is 0 Å². The van der Waals surface area contributed by atoms with Gasteiger partial charge in [0.2, 0.25) is 0 Å². The lowest BCUT2D eigenvalue weighted by atomic mass is 10.1. The van der Waals surface area contributed by atoms with Crippen molar-refractivity contribution in [2.24, 2.45) is 5.73 Å². The van der Waals surface area contributed by atoms with Gasteiger partial charge in [0, 0.05) is 6.54 Å². The molecule has 7 heteroatoms. The monoisotopic (exact) mass is 338 g/mol. The van der Waals surface area contributed by atoms with Crippen LogP contribution < -0.4 is 11.1 Å². The lowest BCUT2D eigenvalue weighted by Gasteiger charge is -2.22. The number of rotatable bonds is 6. The third kappa shape index (κ3) is 13.9. The van der Waals surface area contributed by atoms with E-state index >= 15 is 0 Å². The van der Waals surface area contributed by atoms with Crippen LogP contribution in [0.15, 0.2) is 0 Å². The number of carbonyl (C=O) groups is 2. The molecule has 0 aliphatic carbocycles. The zero-order valence-corrected chi connectivity index (χ0v) is 15.3. The third-order valence-corrected chi connectivity index (χ3v) is 2.32. The molecule has 0 saturated heterocycles. The Morgan fingerprint density at radius 3 is 1.95 bits per heavy atom. The van der Waals surface area contributed by atoms with Gasteiger partial charge in [-0.1, -0.05) is 0 Å². The van der Waals surface area contributed by atoms with Crippen molar-refractivity contribution in [2.75, 3.05) is 6.54 Å². The summed E-state index contributed by atoms with van der Waals surface area (Å²) in [5.41, 5.74) is 4.75. The molecule has 0 radical (unpaired) electrons. The summed E-state index contributed by atoms with van der Waals surface area (Å²) in [6.45, 7) is 11.4. The van der Waals surface area contributed by atoms with Crippen molar-refractivity contribution >= 4 is 24.5 Å². The summed E-state index contributed by atoms with van der Waals surface area (Å²) in [4.78, 5) is 23.0. The molecule has 0 aromatic carbocycles.